The SMILES string of the molecule is CC(CO)(Nc1cccc(Cl)c1)c1cc(Cl)ccc1Cl. The maximum Gasteiger partial charge on any atom is 0.0843 e. The van der Waals surface area contributed by atoms with Gasteiger partial charge in [0.1, 0.15) is 0 Å². The zero-order valence-electron chi connectivity index (χ0n) is 10.8. The Balaban J connectivity index is 2.40. The summed E-state index contributed by atoms with van der Waals surface area (Å²) >= 11 is 18.2. The van der Waals surface area contributed by atoms with Crippen molar-refractivity contribution in [1.82, 2.24) is 0 Å². The monoisotopic (exact) mass is 329 g/mol. The molecule has 0 heterocycles. The van der Waals surface area contributed by atoms with Gasteiger partial charge in [0.15, 0.2) is 0 Å². The molecule has 5 heteroatoms. The lowest BCUT2D eigenvalue weighted by Crippen LogP contribution is -2.36. The molecule has 0 amide bonds. The van der Waals surface area contributed by atoms with E-state index in [0.29, 0.717) is 15.1 Å². The molecule has 2 aromatic rings. The molecule has 2 aromatic carbocycles. The lowest BCUT2D eigenvalue weighted by molar-refractivity contribution is 0.224. The standard InChI is InChI=1S/C15H14Cl3NO/c1-15(9-20,13-8-11(17)5-6-14(13)18)19-12-4-2-3-10(16)7-12/h2-8,19-20H,9H2,1H3. The van der Waals surface area contributed by atoms with Crippen LogP contribution in [0.2, 0.25) is 15.1 Å². The molecule has 0 bridgehead atoms. The molecule has 0 saturated carbocycles. The minimum Gasteiger partial charge on any atom is -0.394 e. The second kappa shape index (κ2) is 6.23. The van der Waals surface area contributed by atoms with E-state index in [2.05, 4.69) is 5.32 Å². The van der Waals surface area contributed by atoms with E-state index in [4.69, 9.17) is 34.8 Å². The quantitative estimate of drug-likeness (QED) is 0.830. The largest absolute Gasteiger partial charge is 0.394 e. The predicted octanol–water partition coefficient (Wildman–Crippen LogP) is 4.97. The molecule has 106 valence electrons. The van der Waals surface area contributed by atoms with Crippen LogP contribution >= 0.6 is 34.8 Å². The first-order valence-corrected chi connectivity index (χ1v) is 7.18. The van der Waals surface area contributed by atoms with Gasteiger partial charge in [-0.15, -0.1) is 0 Å². The minimum absolute atomic E-state index is 0.139. The summed E-state index contributed by atoms with van der Waals surface area (Å²) in [5, 5.41) is 14.8. The zero-order chi connectivity index (χ0) is 14.8. The molecule has 2 nitrogen and oxygen atoms in total. The number of nitrogens with one attached hydrogen (secondary N) is 1. The Hall–Kier alpha value is -0.930. The second-order valence-corrected chi connectivity index (χ2v) is 6.03. The highest BCUT2D eigenvalue weighted by Crippen LogP contribution is 2.33. The van der Waals surface area contributed by atoms with E-state index >= 15 is 0 Å². The van der Waals surface area contributed by atoms with E-state index in [1.54, 1.807) is 30.3 Å². The van der Waals surface area contributed by atoms with Crippen LogP contribution in [-0.4, -0.2) is 11.7 Å². The summed E-state index contributed by atoms with van der Waals surface area (Å²) in [6, 6.07) is 12.5. The minimum atomic E-state index is -0.757. The Kier molecular flexibility index (Phi) is 4.82. The molecular weight excluding hydrogens is 317 g/mol. The Bertz CT molecular complexity index is 618. The second-order valence-electron chi connectivity index (χ2n) is 4.75. The van der Waals surface area contributed by atoms with E-state index in [9.17, 15) is 5.11 Å². The summed E-state index contributed by atoms with van der Waals surface area (Å²) < 4.78 is 0. The Labute approximate surface area is 133 Å². The van der Waals surface area contributed by atoms with Crippen molar-refractivity contribution in [3.8, 4) is 0 Å². The number of aliphatic hydroxyl groups excluding tert-OH is 1. The maximum atomic E-state index is 9.79. The van der Waals surface area contributed by atoms with E-state index in [1.165, 1.54) is 0 Å². The summed E-state index contributed by atoms with van der Waals surface area (Å²) in [6.07, 6.45) is 0. The first kappa shape index (κ1) is 15.5. The van der Waals surface area contributed by atoms with Gasteiger partial charge in [0.25, 0.3) is 0 Å². The number of hydrogen-bond acceptors (Lipinski definition) is 2. The van der Waals surface area contributed by atoms with Gasteiger partial charge in [-0.1, -0.05) is 40.9 Å². The lowest BCUT2D eigenvalue weighted by atomic mass is 9.92. The average Bonchev–Trinajstić information content (AvgIpc) is 2.41. The van der Waals surface area contributed by atoms with Crippen molar-refractivity contribution in [3.05, 3.63) is 63.1 Å². The van der Waals surface area contributed by atoms with Crippen molar-refractivity contribution >= 4 is 40.5 Å². The molecule has 0 saturated heterocycles. The Morgan fingerprint density at radius 1 is 1.05 bits per heavy atom. The first-order chi connectivity index (χ1) is 9.44. The van der Waals surface area contributed by atoms with Gasteiger partial charge in [-0.3, -0.25) is 0 Å². The van der Waals surface area contributed by atoms with Crippen LogP contribution in [-0.2, 0) is 5.54 Å². The molecule has 1 atom stereocenters. The molecule has 0 aliphatic rings. The van der Waals surface area contributed by atoms with Crippen LogP contribution in [0.25, 0.3) is 0 Å². The zero-order valence-corrected chi connectivity index (χ0v) is 13.1. The molecule has 2 rings (SSSR count). The summed E-state index contributed by atoms with van der Waals surface area (Å²) in [6.45, 7) is 1.71. The van der Waals surface area contributed by atoms with Crippen LogP contribution in [0, 0.1) is 0 Å². The van der Waals surface area contributed by atoms with E-state index in [0.717, 1.165) is 11.3 Å². The van der Waals surface area contributed by atoms with Crippen molar-refractivity contribution in [2.45, 2.75) is 12.5 Å². The van der Waals surface area contributed by atoms with Crippen LogP contribution < -0.4 is 5.32 Å². The van der Waals surface area contributed by atoms with Crippen LogP contribution in [0.5, 0.6) is 0 Å². The topological polar surface area (TPSA) is 32.3 Å². The fourth-order valence-corrected chi connectivity index (χ4v) is 2.69. The number of anilines is 1. The van der Waals surface area contributed by atoms with E-state index in [1.807, 2.05) is 19.1 Å². The first-order valence-electron chi connectivity index (χ1n) is 6.05. The molecular formula is C15H14Cl3NO. The van der Waals surface area contributed by atoms with Crippen LogP contribution in [0.1, 0.15) is 12.5 Å². The van der Waals surface area contributed by atoms with Crippen LogP contribution in [0.15, 0.2) is 42.5 Å². The maximum absolute atomic E-state index is 9.79. The van der Waals surface area contributed by atoms with Crippen LogP contribution in [0.4, 0.5) is 5.69 Å². The third-order valence-electron chi connectivity index (χ3n) is 3.08. The number of benzene rings is 2. The van der Waals surface area contributed by atoms with Crippen molar-refractivity contribution in [1.29, 1.82) is 0 Å². The molecule has 0 aliphatic heterocycles. The van der Waals surface area contributed by atoms with Crippen LogP contribution in [0.3, 0.4) is 0 Å². The average molecular weight is 331 g/mol. The van der Waals surface area contributed by atoms with Gasteiger partial charge in [-0.25, -0.2) is 0 Å². The van der Waals surface area contributed by atoms with E-state index in [-0.39, 0.29) is 6.61 Å². The number of halogens is 3. The van der Waals surface area contributed by atoms with Gasteiger partial charge in [-0.05, 0) is 48.9 Å². The molecule has 0 radical (unpaired) electrons. The van der Waals surface area contributed by atoms with E-state index < -0.39 is 5.54 Å². The summed E-state index contributed by atoms with van der Waals surface area (Å²) in [5.74, 6) is 0. The lowest BCUT2D eigenvalue weighted by Gasteiger charge is -2.31. The van der Waals surface area contributed by atoms with Gasteiger partial charge in [-0.2, -0.15) is 0 Å². The Morgan fingerprint density at radius 3 is 2.40 bits per heavy atom. The van der Waals surface area contributed by atoms with Gasteiger partial charge in [0, 0.05) is 20.8 Å². The van der Waals surface area contributed by atoms with Gasteiger partial charge in [0.2, 0.25) is 0 Å². The highest BCUT2D eigenvalue weighted by Gasteiger charge is 2.28. The van der Waals surface area contributed by atoms with Crippen molar-refractivity contribution < 1.29 is 5.11 Å². The van der Waals surface area contributed by atoms with Gasteiger partial charge >= 0.3 is 0 Å². The fourth-order valence-electron chi connectivity index (χ4n) is 2.00. The molecule has 0 spiro atoms. The van der Waals surface area contributed by atoms with Crippen molar-refractivity contribution in [2.24, 2.45) is 0 Å². The third kappa shape index (κ3) is 3.39. The highest BCUT2D eigenvalue weighted by molar-refractivity contribution is 6.33. The molecule has 2 N–H and O–H groups in total. The highest BCUT2D eigenvalue weighted by atomic mass is 35.5. The molecule has 0 aromatic heterocycles. The molecule has 20 heavy (non-hydrogen) atoms. The fraction of sp³-hybridized carbons (Fsp3) is 0.200. The normalized spacial score (nSPS) is 13.8. The summed E-state index contributed by atoms with van der Waals surface area (Å²) in [4.78, 5) is 0. The Morgan fingerprint density at radius 2 is 1.75 bits per heavy atom. The van der Waals surface area contributed by atoms with Gasteiger partial charge < -0.3 is 10.4 Å². The third-order valence-corrected chi connectivity index (χ3v) is 3.88. The van der Waals surface area contributed by atoms with Crippen molar-refractivity contribution in [2.75, 3.05) is 11.9 Å². The number of hydrogen-bond donors (Lipinski definition) is 2. The number of aliphatic hydroxyl groups is 1. The molecule has 0 aliphatic carbocycles. The summed E-state index contributed by atoms with van der Waals surface area (Å²) in [5.41, 5.74) is 0.770. The molecule has 1 unspecified atom stereocenters. The number of rotatable bonds is 4. The van der Waals surface area contributed by atoms with Gasteiger partial charge in [0.05, 0.1) is 12.1 Å². The predicted molar refractivity (Wildman–Crippen MR) is 86.0 cm³/mol. The smallest absolute Gasteiger partial charge is 0.0843 e. The molecule has 0 fully saturated rings. The van der Waals surface area contributed by atoms with Crippen molar-refractivity contribution in [3.63, 3.8) is 0 Å². The summed E-state index contributed by atoms with van der Waals surface area (Å²) in [7, 11) is 0.